The van der Waals surface area contributed by atoms with Crippen LogP contribution in [-0.4, -0.2) is 14.6 Å². The Labute approximate surface area is 82.7 Å². The van der Waals surface area contributed by atoms with Gasteiger partial charge in [0, 0.05) is 15.3 Å². The first-order valence-electron chi connectivity index (χ1n) is 3.96. The molecule has 1 rings (SSSR count). The first-order valence-corrected chi connectivity index (χ1v) is 7.37. The third-order valence-corrected chi connectivity index (χ3v) is 6.04. The molecule has 3 N–H and O–H groups in total. The Balaban J connectivity index is 2.78. The smallest absolute Gasteiger partial charge is 0.166 e. The van der Waals surface area contributed by atoms with Crippen LogP contribution >= 0.6 is 19.3 Å². The van der Waals surface area contributed by atoms with Crippen LogP contribution in [0.2, 0.25) is 0 Å². The van der Waals surface area contributed by atoms with Crippen molar-refractivity contribution in [3.05, 3.63) is 22.9 Å². The molecule has 0 amide bonds. The molecular formula is C8H16NO2S2+. The molecule has 3 nitrogen and oxygen atoms in total. The quantitative estimate of drug-likeness (QED) is 0.532. The predicted molar refractivity (Wildman–Crippen MR) is 60.1 cm³/mol. The number of rotatable bonds is 2. The van der Waals surface area contributed by atoms with E-state index in [4.69, 9.17) is 0 Å². The van der Waals surface area contributed by atoms with Gasteiger partial charge in [-0.05, 0) is 32.9 Å². The van der Waals surface area contributed by atoms with E-state index in [0.29, 0.717) is 0 Å². The second kappa shape index (κ2) is 3.59. The molecule has 0 saturated carbocycles. The number of nitrogens with one attached hydrogen (secondary N) is 1. The summed E-state index contributed by atoms with van der Waals surface area (Å²) in [7, 11) is -3.28. The van der Waals surface area contributed by atoms with Gasteiger partial charge < -0.3 is 0 Å². The van der Waals surface area contributed by atoms with E-state index in [9.17, 15) is 9.11 Å². The van der Waals surface area contributed by atoms with E-state index in [1.165, 1.54) is 0 Å². The topological polar surface area (TPSA) is 52.5 Å². The lowest BCUT2D eigenvalue weighted by Crippen LogP contribution is -2.36. The lowest BCUT2D eigenvalue weighted by molar-refractivity contribution is 0.439. The van der Waals surface area contributed by atoms with Gasteiger partial charge in [-0.3, -0.25) is 0 Å². The van der Waals surface area contributed by atoms with E-state index in [-0.39, 0.29) is 5.54 Å². The van der Waals surface area contributed by atoms with Crippen LogP contribution in [0.5, 0.6) is 0 Å². The monoisotopic (exact) mass is 222 g/mol. The standard InChI is InChI=1S/C8H15NO2S2/c1-8(2,3)9-13(10,11)12-6-4-5-7-12/h4-7,9H,1-3H3,(H-,10,11)/p+1. The molecule has 1 aromatic heterocycles. The Morgan fingerprint density at radius 2 is 1.62 bits per heavy atom. The van der Waals surface area contributed by atoms with Crippen LogP contribution in [0, 0.1) is 0 Å². The molecule has 0 atom stereocenters. The second-order valence-corrected chi connectivity index (χ2v) is 8.78. The van der Waals surface area contributed by atoms with Gasteiger partial charge in [-0.1, -0.05) is 0 Å². The fourth-order valence-electron chi connectivity index (χ4n) is 0.893. The zero-order valence-electron chi connectivity index (χ0n) is 8.02. The van der Waals surface area contributed by atoms with Crippen molar-refractivity contribution < 1.29 is 9.11 Å². The minimum absolute atomic E-state index is 0.282. The molecule has 1 aromatic rings. The zero-order chi connectivity index (χ0) is 10.1. The first-order chi connectivity index (χ1) is 5.81. The van der Waals surface area contributed by atoms with E-state index in [1.807, 2.05) is 43.7 Å². The van der Waals surface area contributed by atoms with Crippen LogP contribution in [0.4, 0.5) is 0 Å². The summed E-state index contributed by atoms with van der Waals surface area (Å²) in [6.07, 6.45) is 0. The van der Waals surface area contributed by atoms with Crippen molar-refractivity contribution >= 4 is 19.3 Å². The molecule has 0 aromatic carbocycles. The molecule has 1 heterocycles. The molecule has 0 aliphatic rings. The molecule has 5 heteroatoms. The van der Waals surface area contributed by atoms with Gasteiger partial charge in [-0.15, -0.1) is 0 Å². The molecule has 0 saturated heterocycles. The minimum atomic E-state index is -2.71. The van der Waals surface area contributed by atoms with Crippen LogP contribution in [0.15, 0.2) is 22.9 Å². The SMILES string of the molecule is CC(C)(C)NS(O)(O)[s+]1cccc1. The van der Waals surface area contributed by atoms with Gasteiger partial charge in [0.25, 0.3) is 0 Å². The summed E-state index contributed by atoms with van der Waals surface area (Å²) in [6, 6.07) is 3.67. The number of hydrogen-bond acceptors (Lipinski definition) is 3. The van der Waals surface area contributed by atoms with Crippen LogP contribution in [0.1, 0.15) is 20.8 Å². The van der Waals surface area contributed by atoms with Crippen LogP contribution in [0.3, 0.4) is 0 Å². The molecule has 0 spiro atoms. The maximum Gasteiger partial charge on any atom is 0.166 e. The van der Waals surface area contributed by atoms with Gasteiger partial charge in [0.1, 0.15) is 9.50 Å². The lowest BCUT2D eigenvalue weighted by Gasteiger charge is -2.31. The van der Waals surface area contributed by atoms with E-state index in [0.717, 1.165) is 0 Å². The molecule has 0 radical (unpaired) electrons. The summed E-state index contributed by atoms with van der Waals surface area (Å²) >= 11 is 0. The fraction of sp³-hybridized carbons (Fsp3) is 0.500. The van der Waals surface area contributed by atoms with Crippen molar-refractivity contribution in [2.24, 2.45) is 0 Å². The molecule has 0 bridgehead atoms. The fourth-order valence-corrected chi connectivity index (χ4v) is 5.03. The van der Waals surface area contributed by atoms with Crippen molar-refractivity contribution in [2.75, 3.05) is 0 Å². The van der Waals surface area contributed by atoms with Gasteiger partial charge in [0.05, 0.1) is 0 Å². The number of hydrogen-bond donors (Lipinski definition) is 3. The second-order valence-electron chi connectivity index (χ2n) is 3.83. The average Bonchev–Trinajstić information content (AvgIpc) is 2.29. The van der Waals surface area contributed by atoms with Gasteiger partial charge in [-0.2, -0.15) is 4.72 Å². The zero-order valence-corrected chi connectivity index (χ0v) is 9.65. The van der Waals surface area contributed by atoms with E-state index >= 15 is 0 Å². The predicted octanol–water partition coefficient (Wildman–Crippen LogP) is 3.25. The molecule has 0 unspecified atom stereocenters. The minimum Gasteiger partial charge on any atom is -0.245 e. The third-order valence-electron chi connectivity index (χ3n) is 1.24. The highest BCUT2D eigenvalue weighted by Gasteiger charge is 2.29. The summed E-state index contributed by atoms with van der Waals surface area (Å²) in [6.45, 7) is 5.73. The van der Waals surface area contributed by atoms with Crippen LogP contribution in [-0.2, 0) is 0 Å². The van der Waals surface area contributed by atoms with Gasteiger partial charge in [-0.25, -0.2) is 9.11 Å². The molecular weight excluding hydrogens is 206 g/mol. The Morgan fingerprint density at radius 1 is 1.15 bits per heavy atom. The highest BCUT2D eigenvalue weighted by atomic mass is 33.2. The lowest BCUT2D eigenvalue weighted by atomic mass is 10.1. The first kappa shape index (κ1) is 11.0. The maximum absolute atomic E-state index is 9.79. The normalized spacial score (nSPS) is 14.5. The van der Waals surface area contributed by atoms with Gasteiger partial charge >= 0.3 is 0 Å². The van der Waals surface area contributed by atoms with Crippen molar-refractivity contribution in [1.82, 2.24) is 4.72 Å². The summed E-state index contributed by atoms with van der Waals surface area (Å²) in [4.78, 5) is 0. The van der Waals surface area contributed by atoms with Crippen molar-refractivity contribution in [1.29, 1.82) is 0 Å². The summed E-state index contributed by atoms with van der Waals surface area (Å²) in [5.41, 5.74) is -0.282. The van der Waals surface area contributed by atoms with E-state index in [1.54, 1.807) is 0 Å². The third kappa shape index (κ3) is 3.28. The van der Waals surface area contributed by atoms with Gasteiger partial charge in [0.2, 0.25) is 0 Å². The molecule has 0 aliphatic carbocycles. The molecule has 0 fully saturated rings. The van der Waals surface area contributed by atoms with Gasteiger partial charge in [0.15, 0.2) is 10.8 Å². The summed E-state index contributed by atoms with van der Waals surface area (Å²) in [5, 5.41) is 3.63. The van der Waals surface area contributed by atoms with E-state index < -0.39 is 19.3 Å². The van der Waals surface area contributed by atoms with Crippen LogP contribution < -0.4 is 4.72 Å². The Morgan fingerprint density at radius 3 is 2.00 bits per heavy atom. The largest absolute Gasteiger partial charge is 0.245 e. The Kier molecular flexibility index (Phi) is 3.04. The summed E-state index contributed by atoms with van der Waals surface area (Å²) in [5.74, 6) is 0. The van der Waals surface area contributed by atoms with Crippen molar-refractivity contribution in [2.45, 2.75) is 26.3 Å². The maximum atomic E-state index is 9.79. The van der Waals surface area contributed by atoms with Crippen LogP contribution in [0.25, 0.3) is 0 Å². The molecule has 0 aliphatic heterocycles. The average molecular weight is 222 g/mol. The molecule has 13 heavy (non-hydrogen) atoms. The highest BCUT2D eigenvalue weighted by Crippen LogP contribution is 2.55. The Hall–Kier alpha value is -0.0700. The molecule has 76 valence electrons. The number of thiophene rings is 1. The van der Waals surface area contributed by atoms with E-state index in [2.05, 4.69) is 4.72 Å². The summed E-state index contributed by atoms with van der Waals surface area (Å²) < 4.78 is 22.4. The van der Waals surface area contributed by atoms with Crippen molar-refractivity contribution in [3.63, 3.8) is 0 Å². The Bertz CT molecular complexity index is 264. The highest BCUT2D eigenvalue weighted by molar-refractivity contribution is 8.61. The van der Waals surface area contributed by atoms with Crippen molar-refractivity contribution in [3.8, 4) is 0 Å².